The number of nitrogens with zero attached hydrogens (tertiary/aromatic N) is 4. The average molecular weight is 339 g/mol. The van der Waals surface area contributed by atoms with Crippen LogP contribution in [0.25, 0.3) is 11.2 Å². The van der Waals surface area contributed by atoms with E-state index in [9.17, 15) is 9.59 Å². The van der Waals surface area contributed by atoms with Gasteiger partial charge >= 0.3 is 0 Å². The van der Waals surface area contributed by atoms with Crippen molar-refractivity contribution in [3.63, 3.8) is 0 Å². The predicted octanol–water partition coefficient (Wildman–Crippen LogP) is 2.52. The van der Waals surface area contributed by atoms with Crippen LogP contribution < -0.4 is 10.9 Å². The summed E-state index contributed by atoms with van der Waals surface area (Å²) in [4.78, 5) is 33.9. The number of hydrogen-bond donors (Lipinski definition) is 1. The van der Waals surface area contributed by atoms with Gasteiger partial charge in [-0.15, -0.1) is 0 Å². The highest BCUT2D eigenvalue weighted by Crippen LogP contribution is 2.17. The van der Waals surface area contributed by atoms with E-state index in [4.69, 9.17) is 0 Å². The summed E-state index contributed by atoms with van der Waals surface area (Å²) >= 11 is 0. The van der Waals surface area contributed by atoms with Crippen LogP contribution in [0.4, 0.5) is 5.95 Å². The third-order valence-corrected chi connectivity index (χ3v) is 3.87. The van der Waals surface area contributed by atoms with Crippen molar-refractivity contribution in [3.05, 3.63) is 52.6 Å². The number of fused-ring (bicyclic) bond motifs is 1. The Bertz CT molecular complexity index is 971. The Kier molecular flexibility index (Phi) is 4.65. The second-order valence-corrected chi connectivity index (χ2v) is 6.25. The number of imidazole rings is 1. The zero-order chi connectivity index (χ0) is 18.0. The first kappa shape index (κ1) is 16.9. The van der Waals surface area contributed by atoms with E-state index in [1.807, 2.05) is 31.4 Å². The molecule has 7 heteroatoms. The van der Waals surface area contributed by atoms with Crippen molar-refractivity contribution in [1.82, 2.24) is 19.1 Å². The highest BCUT2D eigenvalue weighted by Gasteiger charge is 2.17. The molecule has 0 saturated heterocycles. The Hall–Kier alpha value is -2.96. The standard InChI is InChI=1S/C18H21N5O2/c1-4-23-15-14(8-5-9-19-15)20-18(23)21-16(24)13-7-6-10-22(17(13)25)11-12(2)3/h5-10,12H,4,11H2,1-3H3,(H,20,21,24). The second-order valence-electron chi connectivity index (χ2n) is 6.25. The van der Waals surface area contributed by atoms with Gasteiger partial charge in [-0.1, -0.05) is 13.8 Å². The van der Waals surface area contributed by atoms with Crippen molar-refractivity contribution in [1.29, 1.82) is 0 Å². The molecule has 0 spiro atoms. The molecule has 3 aromatic rings. The molecular weight excluding hydrogens is 318 g/mol. The van der Waals surface area contributed by atoms with Gasteiger partial charge < -0.3 is 4.57 Å². The van der Waals surface area contributed by atoms with Gasteiger partial charge in [0.15, 0.2) is 5.65 Å². The molecule has 0 aliphatic heterocycles. The Labute approximate surface area is 145 Å². The number of carbonyl (C=O) groups excluding carboxylic acids is 1. The summed E-state index contributed by atoms with van der Waals surface area (Å²) in [5.74, 6) is 0.236. The van der Waals surface area contributed by atoms with E-state index in [0.717, 1.165) is 0 Å². The number of carbonyl (C=O) groups is 1. The maximum absolute atomic E-state index is 12.6. The molecule has 7 nitrogen and oxygen atoms in total. The van der Waals surface area contributed by atoms with Crippen LogP contribution >= 0.6 is 0 Å². The highest BCUT2D eigenvalue weighted by molar-refractivity contribution is 6.03. The van der Waals surface area contributed by atoms with E-state index < -0.39 is 5.91 Å². The van der Waals surface area contributed by atoms with Crippen LogP contribution in [-0.2, 0) is 13.1 Å². The molecule has 0 aliphatic carbocycles. The Morgan fingerprint density at radius 3 is 2.80 bits per heavy atom. The van der Waals surface area contributed by atoms with Gasteiger partial charge in [0.05, 0.1) is 0 Å². The van der Waals surface area contributed by atoms with Crippen LogP contribution in [0.15, 0.2) is 41.5 Å². The van der Waals surface area contributed by atoms with E-state index in [1.165, 1.54) is 6.07 Å². The number of rotatable bonds is 5. The fourth-order valence-electron chi connectivity index (χ4n) is 2.77. The van der Waals surface area contributed by atoms with Gasteiger partial charge in [-0.2, -0.15) is 0 Å². The van der Waals surface area contributed by atoms with Crippen molar-refractivity contribution in [2.24, 2.45) is 5.92 Å². The summed E-state index contributed by atoms with van der Waals surface area (Å²) in [6.07, 6.45) is 3.38. The third-order valence-electron chi connectivity index (χ3n) is 3.87. The SMILES string of the molecule is CCn1c(NC(=O)c2cccn(CC(C)C)c2=O)nc2cccnc21. The second kappa shape index (κ2) is 6.88. The molecule has 0 atom stereocenters. The van der Waals surface area contributed by atoms with Gasteiger partial charge in [-0.25, -0.2) is 9.97 Å². The van der Waals surface area contributed by atoms with Crippen molar-refractivity contribution >= 4 is 23.0 Å². The Balaban J connectivity index is 1.94. The van der Waals surface area contributed by atoms with Crippen molar-refractivity contribution < 1.29 is 4.79 Å². The molecule has 3 aromatic heterocycles. The van der Waals surface area contributed by atoms with Crippen LogP contribution in [0.2, 0.25) is 0 Å². The number of anilines is 1. The molecule has 0 saturated carbocycles. The fraction of sp³-hybridized carbons (Fsp3) is 0.333. The van der Waals surface area contributed by atoms with E-state index in [0.29, 0.717) is 36.1 Å². The summed E-state index contributed by atoms with van der Waals surface area (Å²) < 4.78 is 3.37. The van der Waals surface area contributed by atoms with Gasteiger partial charge in [0, 0.05) is 25.5 Å². The quantitative estimate of drug-likeness (QED) is 0.774. The molecule has 1 N–H and O–H groups in total. The minimum absolute atomic E-state index is 0.103. The monoisotopic (exact) mass is 339 g/mol. The van der Waals surface area contributed by atoms with Crippen molar-refractivity contribution in [3.8, 4) is 0 Å². The zero-order valence-electron chi connectivity index (χ0n) is 14.6. The molecular formula is C18H21N5O2. The molecule has 0 fully saturated rings. The smallest absolute Gasteiger partial charge is 0.263 e. The van der Waals surface area contributed by atoms with Gasteiger partial charge in [-0.3, -0.25) is 19.5 Å². The first-order chi connectivity index (χ1) is 12.0. The van der Waals surface area contributed by atoms with Crippen molar-refractivity contribution in [2.45, 2.75) is 33.9 Å². The lowest BCUT2D eigenvalue weighted by atomic mass is 10.2. The molecule has 25 heavy (non-hydrogen) atoms. The molecule has 0 aliphatic rings. The molecule has 3 rings (SSSR count). The Morgan fingerprint density at radius 1 is 1.28 bits per heavy atom. The molecule has 3 heterocycles. The number of hydrogen-bond acceptors (Lipinski definition) is 4. The van der Waals surface area contributed by atoms with Gasteiger partial charge in [-0.05, 0) is 37.1 Å². The molecule has 0 aromatic carbocycles. The largest absolute Gasteiger partial charge is 0.315 e. The highest BCUT2D eigenvalue weighted by atomic mass is 16.2. The van der Waals surface area contributed by atoms with Crippen LogP contribution in [0.3, 0.4) is 0 Å². The number of aryl methyl sites for hydroxylation is 1. The van der Waals surface area contributed by atoms with Crippen LogP contribution in [-0.4, -0.2) is 25.0 Å². The molecule has 1 amide bonds. The molecule has 0 unspecified atom stereocenters. The maximum atomic E-state index is 12.6. The molecule has 0 radical (unpaired) electrons. The minimum atomic E-state index is -0.465. The third kappa shape index (κ3) is 3.31. The van der Waals surface area contributed by atoms with Gasteiger partial charge in [0.1, 0.15) is 11.1 Å². The normalized spacial score (nSPS) is 11.2. The summed E-state index contributed by atoms with van der Waals surface area (Å²) in [5, 5.41) is 2.75. The lowest BCUT2D eigenvalue weighted by Gasteiger charge is -2.11. The van der Waals surface area contributed by atoms with Crippen LogP contribution in [0.1, 0.15) is 31.1 Å². The van der Waals surface area contributed by atoms with E-state index in [2.05, 4.69) is 15.3 Å². The van der Waals surface area contributed by atoms with Crippen molar-refractivity contribution in [2.75, 3.05) is 5.32 Å². The number of pyridine rings is 2. The topological polar surface area (TPSA) is 81.8 Å². The predicted molar refractivity (Wildman–Crippen MR) is 96.7 cm³/mol. The van der Waals surface area contributed by atoms with E-state index in [-0.39, 0.29) is 11.1 Å². The molecule has 0 bridgehead atoms. The minimum Gasteiger partial charge on any atom is -0.315 e. The first-order valence-corrected chi connectivity index (χ1v) is 8.33. The number of aromatic nitrogens is 4. The summed E-state index contributed by atoms with van der Waals surface area (Å²) in [6.45, 7) is 7.17. The zero-order valence-corrected chi connectivity index (χ0v) is 14.6. The summed E-state index contributed by atoms with van der Waals surface area (Å²) in [7, 11) is 0. The molecule has 130 valence electrons. The lowest BCUT2D eigenvalue weighted by Crippen LogP contribution is -2.30. The van der Waals surface area contributed by atoms with Crippen LogP contribution in [0, 0.1) is 5.92 Å². The summed E-state index contributed by atoms with van der Waals surface area (Å²) in [6, 6.07) is 6.87. The first-order valence-electron chi connectivity index (χ1n) is 8.33. The van der Waals surface area contributed by atoms with Crippen LogP contribution in [0.5, 0.6) is 0 Å². The van der Waals surface area contributed by atoms with E-state index >= 15 is 0 Å². The lowest BCUT2D eigenvalue weighted by molar-refractivity contribution is 0.102. The van der Waals surface area contributed by atoms with Gasteiger partial charge in [0.25, 0.3) is 11.5 Å². The Morgan fingerprint density at radius 2 is 2.08 bits per heavy atom. The summed E-state index contributed by atoms with van der Waals surface area (Å²) in [5.41, 5.74) is 1.20. The average Bonchev–Trinajstić information content (AvgIpc) is 2.93. The van der Waals surface area contributed by atoms with Gasteiger partial charge in [0.2, 0.25) is 5.95 Å². The fourth-order valence-corrected chi connectivity index (χ4v) is 2.77. The van der Waals surface area contributed by atoms with E-state index in [1.54, 1.807) is 29.1 Å². The maximum Gasteiger partial charge on any atom is 0.263 e. The number of amides is 1. The number of nitrogens with one attached hydrogen (secondary N) is 1.